The molecule has 3 unspecified atom stereocenters. The van der Waals surface area contributed by atoms with Crippen LogP contribution in [0.15, 0.2) is 24.3 Å². The molecule has 3 rings (SSSR count). The van der Waals surface area contributed by atoms with Crippen LogP contribution in [0.25, 0.3) is 0 Å². The summed E-state index contributed by atoms with van der Waals surface area (Å²) in [5.74, 6) is -1.13. The van der Waals surface area contributed by atoms with E-state index >= 15 is 0 Å². The molecule has 1 aromatic carbocycles. The predicted molar refractivity (Wildman–Crippen MR) is 74.3 cm³/mol. The van der Waals surface area contributed by atoms with Gasteiger partial charge in [0.2, 0.25) is 5.91 Å². The summed E-state index contributed by atoms with van der Waals surface area (Å²) in [5.41, 5.74) is 2.58. The van der Waals surface area contributed by atoms with Gasteiger partial charge in [-0.3, -0.25) is 9.59 Å². The van der Waals surface area contributed by atoms with Crippen LogP contribution in [-0.4, -0.2) is 35.0 Å². The van der Waals surface area contributed by atoms with Gasteiger partial charge in [0.1, 0.15) is 0 Å². The summed E-state index contributed by atoms with van der Waals surface area (Å²) >= 11 is 0. The van der Waals surface area contributed by atoms with E-state index in [1.807, 2.05) is 17.0 Å². The van der Waals surface area contributed by atoms with Gasteiger partial charge in [0.05, 0.1) is 11.8 Å². The van der Waals surface area contributed by atoms with Gasteiger partial charge in [-0.2, -0.15) is 0 Å². The lowest BCUT2D eigenvalue weighted by Gasteiger charge is -2.17. The molecule has 0 spiro atoms. The van der Waals surface area contributed by atoms with Crippen LogP contribution < -0.4 is 0 Å². The van der Waals surface area contributed by atoms with Gasteiger partial charge in [-0.1, -0.05) is 24.3 Å². The summed E-state index contributed by atoms with van der Waals surface area (Å²) in [6.45, 7) is 3.58. The van der Waals surface area contributed by atoms with Crippen LogP contribution in [-0.2, 0) is 9.59 Å². The van der Waals surface area contributed by atoms with Crippen molar-refractivity contribution in [1.29, 1.82) is 0 Å². The Labute approximate surface area is 118 Å². The smallest absolute Gasteiger partial charge is 0.307 e. The van der Waals surface area contributed by atoms with Crippen molar-refractivity contribution in [3.63, 3.8) is 0 Å². The quantitative estimate of drug-likeness (QED) is 0.916. The first-order chi connectivity index (χ1) is 9.58. The van der Waals surface area contributed by atoms with E-state index < -0.39 is 11.9 Å². The largest absolute Gasteiger partial charge is 0.481 e. The molecule has 1 amide bonds. The standard InChI is InChI=1S/C16H19NO3/c1-10-4-2-3-5-12(10)11-6-7-17(9-11)15(18)13-8-14(13)16(19)20/h2-5,11,13-14H,6-9H2,1H3,(H,19,20). The number of nitrogens with zero attached hydrogens (tertiary/aromatic N) is 1. The van der Waals surface area contributed by atoms with Crippen LogP contribution >= 0.6 is 0 Å². The molecule has 3 atom stereocenters. The van der Waals surface area contributed by atoms with E-state index in [0.29, 0.717) is 12.3 Å². The Kier molecular flexibility index (Phi) is 3.24. The van der Waals surface area contributed by atoms with Gasteiger partial charge in [0.15, 0.2) is 0 Å². The third kappa shape index (κ3) is 2.30. The highest BCUT2D eigenvalue weighted by atomic mass is 16.4. The van der Waals surface area contributed by atoms with E-state index in [2.05, 4.69) is 19.1 Å². The minimum atomic E-state index is -0.835. The number of likely N-dealkylation sites (tertiary alicyclic amines) is 1. The van der Waals surface area contributed by atoms with E-state index in [-0.39, 0.29) is 11.8 Å². The fourth-order valence-electron chi connectivity index (χ4n) is 3.23. The monoisotopic (exact) mass is 273 g/mol. The lowest BCUT2D eigenvalue weighted by atomic mass is 9.94. The molecule has 0 aromatic heterocycles. The maximum atomic E-state index is 12.2. The lowest BCUT2D eigenvalue weighted by molar-refractivity contribution is -0.141. The first-order valence-corrected chi connectivity index (χ1v) is 7.15. The van der Waals surface area contributed by atoms with Gasteiger partial charge in [0.25, 0.3) is 0 Å². The zero-order valence-electron chi connectivity index (χ0n) is 11.6. The molecule has 0 bridgehead atoms. The van der Waals surface area contributed by atoms with E-state index in [1.165, 1.54) is 11.1 Å². The summed E-state index contributed by atoms with van der Waals surface area (Å²) in [5, 5.41) is 8.91. The van der Waals surface area contributed by atoms with E-state index in [9.17, 15) is 9.59 Å². The number of carbonyl (C=O) groups is 2. The van der Waals surface area contributed by atoms with Crippen molar-refractivity contribution in [2.45, 2.75) is 25.7 Å². The van der Waals surface area contributed by atoms with Gasteiger partial charge in [-0.25, -0.2) is 0 Å². The summed E-state index contributed by atoms with van der Waals surface area (Å²) in [7, 11) is 0. The number of carboxylic acids is 1. The summed E-state index contributed by atoms with van der Waals surface area (Å²) < 4.78 is 0. The number of hydrogen-bond acceptors (Lipinski definition) is 2. The highest BCUT2D eigenvalue weighted by molar-refractivity contribution is 5.89. The number of carboxylic acid groups (broad SMARTS) is 1. The Balaban J connectivity index is 1.64. The molecule has 1 saturated carbocycles. The number of carbonyl (C=O) groups excluding carboxylic acids is 1. The zero-order valence-corrected chi connectivity index (χ0v) is 11.6. The minimum absolute atomic E-state index is 0.0356. The molecule has 4 nitrogen and oxygen atoms in total. The molecular formula is C16H19NO3. The Morgan fingerprint density at radius 1 is 1.25 bits per heavy atom. The van der Waals surface area contributed by atoms with Crippen LogP contribution in [0.5, 0.6) is 0 Å². The Morgan fingerprint density at radius 2 is 2.00 bits per heavy atom. The maximum Gasteiger partial charge on any atom is 0.307 e. The molecule has 106 valence electrons. The van der Waals surface area contributed by atoms with Gasteiger partial charge < -0.3 is 10.0 Å². The number of aryl methyl sites for hydroxylation is 1. The average Bonchev–Trinajstić information content (AvgIpc) is 3.09. The molecule has 1 N–H and O–H groups in total. The molecule has 1 aliphatic heterocycles. The number of benzene rings is 1. The second-order valence-corrected chi connectivity index (χ2v) is 5.91. The Bertz CT molecular complexity index is 554. The van der Waals surface area contributed by atoms with E-state index in [0.717, 1.165) is 19.5 Å². The highest BCUT2D eigenvalue weighted by Crippen LogP contribution is 2.41. The van der Waals surface area contributed by atoms with Crippen molar-refractivity contribution in [1.82, 2.24) is 4.90 Å². The SMILES string of the molecule is Cc1ccccc1C1CCN(C(=O)C2CC2C(=O)O)C1. The molecule has 0 radical (unpaired) electrons. The lowest BCUT2D eigenvalue weighted by Crippen LogP contribution is -2.30. The summed E-state index contributed by atoms with van der Waals surface area (Å²) in [4.78, 5) is 24.9. The van der Waals surface area contributed by atoms with Crippen molar-refractivity contribution >= 4 is 11.9 Å². The van der Waals surface area contributed by atoms with E-state index in [4.69, 9.17) is 5.11 Å². The number of rotatable bonds is 3. The number of amides is 1. The molecule has 2 aliphatic rings. The zero-order chi connectivity index (χ0) is 14.3. The van der Waals surface area contributed by atoms with Crippen molar-refractivity contribution in [2.24, 2.45) is 11.8 Å². The third-order valence-corrected chi connectivity index (χ3v) is 4.55. The van der Waals surface area contributed by atoms with Crippen LogP contribution in [0, 0.1) is 18.8 Å². The minimum Gasteiger partial charge on any atom is -0.481 e. The first kappa shape index (κ1) is 13.2. The Hall–Kier alpha value is -1.84. The molecule has 4 heteroatoms. The molecule has 1 aliphatic carbocycles. The number of hydrogen-bond donors (Lipinski definition) is 1. The predicted octanol–water partition coefficient (Wildman–Crippen LogP) is 2.03. The normalized spacial score (nSPS) is 28.4. The molecule has 20 heavy (non-hydrogen) atoms. The van der Waals surface area contributed by atoms with Crippen molar-refractivity contribution in [3.8, 4) is 0 Å². The second kappa shape index (κ2) is 4.93. The highest BCUT2D eigenvalue weighted by Gasteiger charge is 2.50. The fourth-order valence-corrected chi connectivity index (χ4v) is 3.23. The van der Waals surface area contributed by atoms with Gasteiger partial charge >= 0.3 is 5.97 Å². The molecule has 1 saturated heterocycles. The fraction of sp³-hybridized carbons (Fsp3) is 0.500. The molecule has 2 fully saturated rings. The van der Waals surface area contributed by atoms with Crippen molar-refractivity contribution in [3.05, 3.63) is 35.4 Å². The van der Waals surface area contributed by atoms with Crippen LogP contribution in [0.3, 0.4) is 0 Å². The van der Waals surface area contributed by atoms with Crippen molar-refractivity contribution in [2.75, 3.05) is 13.1 Å². The van der Waals surface area contributed by atoms with Crippen molar-refractivity contribution < 1.29 is 14.7 Å². The molecular weight excluding hydrogens is 254 g/mol. The topological polar surface area (TPSA) is 57.6 Å². The van der Waals surface area contributed by atoms with Crippen LogP contribution in [0.2, 0.25) is 0 Å². The average molecular weight is 273 g/mol. The maximum absolute atomic E-state index is 12.2. The van der Waals surface area contributed by atoms with E-state index in [1.54, 1.807) is 0 Å². The van der Waals surface area contributed by atoms with Crippen LogP contribution in [0.1, 0.15) is 29.9 Å². The molecule has 1 heterocycles. The van der Waals surface area contributed by atoms with Gasteiger partial charge in [-0.15, -0.1) is 0 Å². The third-order valence-electron chi connectivity index (χ3n) is 4.55. The number of aliphatic carboxylic acids is 1. The summed E-state index contributed by atoms with van der Waals surface area (Å²) in [6, 6.07) is 8.29. The Morgan fingerprint density at radius 3 is 2.65 bits per heavy atom. The van der Waals surface area contributed by atoms with Gasteiger partial charge in [-0.05, 0) is 30.9 Å². The first-order valence-electron chi connectivity index (χ1n) is 7.15. The van der Waals surface area contributed by atoms with Gasteiger partial charge in [0, 0.05) is 19.0 Å². The van der Waals surface area contributed by atoms with Crippen LogP contribution in [0.4, 0.5) is 0 Å². The molecule has 1 aromatic rings. The summed E-state index contributed by atoms with van der Waals surface area (Å²) in [6.07, 6.45) is 1.49. The second-order valence-electron chi connectivity index (χ2n) is 5.91.